The van der Waals surface area contributed by atoms with Gasteiger partial charge in [-0.3, -0.25) is 4.79 Å². The summed E-state index contributed by atoms with van der Waals surface area (Å²) in [7, 11) is 0. The Morgan fingerprint density at radius 2 is 2.06 bits per heavy atom. The average molecular weight is 331 g/mol. The van der Waals surface area contributed by atoms with Gasteiger partial charge in [0, 0.05) is 9.72 Å². The average Bonchev–Trinajstić information content (AvgIpc) is 2.40. The molecule has 1 aromatic carbocycles. The second-order valence-electron chi connectivity index (χ2n) is 4.62. The summed E-state index contributed by atoms with van der Waals surface area (Å²) in [5, 5.41) is 0.581. The van der Waals surface area contributed by atoms with Crippen LogP contribution in [-0.2, 0) is 0 Å². The quantitative estimate of drug-likeness (QED) is 0.735. The first kappa shape index (κ1) is 14.1. The number of halogens is 2. The highest BCUT2D eigenvalue weighted by Crippen LogP contribution is 2.29. The molecule has 1 nitrogen and oxygen atoms in total. The number of thioether (sulfide) groups is 1. The van der Waals surface area contributed by atoms with Crippen LogP contribution in [0.3, 0.4) is 0 Å². The van der Waals surface area contributed by atoms with E-state index in [-0.39, 0.29) is 11.3 Å². The predicted octanol–water partition coefficient (Wildman–Crippen LogP) is 4.84. The first-order valence-electron chi connectivity index (χ1n) is 6.26. The normalized spacial score (nSPS) is 16.8. The maximum absolute atomic E-state index is 13.5. The standard InChI is InChI=1S/C14H16BrFOS/c15-10-6-7-13(16)12(8-10)14(17)9-18-11-4-2-1-3-5-11/h6-8,11H,1-5,9H2. The summed E-state index contributed by atoms with van der Waals surface area (Å²) in [4.78, 5) is 12.0. The molecule has 0 aromatic heterocycles. The van der Waals surface area contributed by atoms with Gasteiger partial charge in [0.2, 0.25) is 0 Å². The van der Waals surface area contributed by atoms with Crippen LogP contribution < -0.4 is 0 Å². The number of benzene rings is 1. The molecule has 1 aliphatic rings. The van der Waals surface area contributed by atoms with E-state index in [1.165, 1.54) is 38.2 Å². The number of hydrogen-bond acceptors (Lipinski definition) is 2. The van der Waals surface area contributed by atoms with Gasteiger partial charge < -0.3 is 0 Å². The third kappa shape index (κ3) is 3.82. The van der Waals surface area contributed by atoms with Crippen LogP contribution in [0, 0.1) is 5.82 Å². The van der Waals surface area contributed by atoms with E-state index in [1.807, 2.05) is 0 Å². The van der Waals surface area contributed by atoms with Crippen molar-refractivity contribution >= 4 is 33.5 Å². The Hall–Kier alpha value is -0.350. The maximum Gasteiger partial charge on any atom is 0.175 e. The Labute approximate surface area is 120 Å². The molecule has 0 unspecified atom stereocenters. The van der Waals surface area contributed by atoms with Crippen molar-refractivity contribution in [1.29, 1.82) is 0 Å². The first-order valence-corrected chi connectivity index (χ1v) is 8.11. The number of carbonyl (C=O) groups is 1. The third-order valence-corrected chi connectivity index (χ3v) is 5.10. The molecule has 1 fully saturated rings. The van der Waals surface area contributed by atoms with E-state index in [1.54, 1.807) is 23.9 Å². The monoisotopic (exact) mass is 330 g/mol. The van der Waals surface area contributed by atoms with Crippen LogP contribution in [-0.4, -0.2) is 16.8 Å². The van der Waals surface area contributed by atoms with Gasteiger partial charge in [-0.25, -0.2) is 4.39 Å². The van der Waals surface area contributed by atoms with Crippen molar-refractivity contribution in [3.8, 4) is 0 Å². The zero-order valence-corrected chi connectivity index (χ0v) is 12.5. The Morgan fingerprint density at radius 3 is 2.78 bits per heavy atom. The molecule has 0 saturated heterocycles. The Morgan fingerprint density at radius 1 is 1.33 bits per heavy atom. The van der Waals surface area contributed by atoms with Gasteiger partial charge in [0.1, 0.15) is 5.82 Å². The van der Waals surface area contributed by atoms with Crippen LogP contribution in [0.5, 0.6) is 0 Å². The summed E-state index contributed by atoms with van der Waals surface area (Å²) in [6.07, 6.45) is 6.22. The highest BCUT2D eigenvalue weighted by Gasteiger charge is 2.17. The van der Waals surface area contributed by atoms with Crippen LogP contribution in [0.25, 0.3) is 0 Å². The van der Waals surface area contributed by atoms with Gasteiger partial charge >= 0.3 is 0 Å². The van der Waals surface area contributed by atoms with Gasteiger partial charge in [-0.05, 0) is 31.0 Å². The fourth-order valence-corrected chi connectivity index (χ4v) is 3.78. The van der Waals surface area contributed by atoms with Crippen molar-refractivity contribution < 1.29 is 9.18 Å². The lowest BCUT2D eigenvalue weighted by Crippen LogP contribution is -2.13. The van der Waals surface area contributed by atoms with E-state index in [0.717, 1.165) is 4.47 Å². The molecule has 0 atom stereocenters. The van der Waals surface area contributed by atoms with E-state index >= 15 is 0 Å². The van der Waals surface area contributed by atoms with Gasteiger partial charge in [0.15, 0.2) is 5.78 Å². The molecular weight excluding hydrogens is 315 g/mol. The summed E-state index contributed by atoms with van der Waals surface area (Å²) in [5.74, 6) is -0.144. The molecule has 2 rings (SSSR count). The van der Waals surface area contributed by atoms with Crippen LogP contribution in [0.2, 0.25) is 0 Å². The molecule has 0 amide bonds. The lowest BCUT2D eigenvalue weighted by atomic mass is 10.0. The van der Waals surface area contributed by atoms with Gasteiger partial charge in [-0.15, -0.1) is 0 Å². The SMILES string of the molecule is O=C(CSC1CCCCC1)c1cc(Br)ccc1F. The molecule has 0 spiro atoms. The van der Waals surface area contributed by atoms with Gasteiger partial charge in [-0.2, -0.15) is 11.8 Å². The molecule has 4 heteroatoms. The minimum Gasteiger partial charge on any atom is -0.293 e. The molecule has 1 aromatic rings. The summed E-state index contributed by atoms with van der Waals surface area (Å²) >= 11 is 4.95. The Bertz CT molecular complexity index is 430. The van der Waals surface area contributed by atoms with E-state index in [0.29, 0.717) is 11.0 Å². The topological polar surface area (TPSA) is 17.1 Å². The molecule has 0 radical (unpaired) electrons. The molecule has 0 aliphatic heterocycles. The van der Waals surface area contributed by atoms with Gasteiger partial charge in [-0.1, -0.05) is 35.2 Å². The molecule has 98 valence electrons. The molecule has 0 heterocycles. The minimum atomic E-state index is -0.424. The van der Waals surface area contributed by atoms with E-state index in [9.17, 15) is 9.18 Å². The molecular formula is C14H16BrFOS. The van der Waals surface area contributed by atoms with Crippen molar-refractivity contribution in [3.05, 3.63) is 34.1 Å². The van der Waals surface area contributed by atoms with Gasteiger partial charge in [0.05, 0.1) is 11.3 Å². The van der Waals surface area contributed by atoms with Crippen molar-refractivity contribution in [2.75, 3.05) is 5.75 Å². The van der Waals surface area contributed by atoms with Crippen molar-refractivity contribution in [3.63, 3.8) is 0 Å². The second-order valence-corrected chi connectivity index (χ2v) is 6.82. The third-order valence-electron chi connectivity index (χ3n) is 3.23. The maximum atomic E-state index is 13.5. The first-order chi connectivity index (χ1) is 8.66. The Balaban J connectivity index is 1.92. The summed E-state index contributed by atoms with van der Waals surface area (Å²) in [6, 6.07) is 4.52. The fourth-order valence-electron chi connectivity index (χ4n) is 2.21. The van der Waals surface area contributed by atoms with Crippen LogP contribution in [0.15, 0.2) is 22.7 Å². The highest BCUT2D eigenvalue weighted by atomic mass is 79.9. The van der Waals surface area contributed by atoms with Crippen molar-refractivity contribution in [1.82, 2.24) is 0 Å². The minimum absolute atomic E-state index is 0.107. The smallest absolute Gasteiger partial charge is 0.175 e. The highest BCUT2D eigenvalue weighted by molar-refractivity contribution is 9.10. The number of carbonyl (C=O) groups excluding carboxylic acids is 1. The van der Waals surface area contributed by atoms with E-state index in [2.05, 4.69) is 15.9 Å². The molecule has 18 heavy (non-hydrogen) atoms. The zero-order chi connectivity index (χ0) is 13.0. The van der Waals surface area contributed by atoms with Crippen molar-refractivity contribution in [2.24, 2.45) is 0 Å². The van der Waals surface area contributed by atoms with E-state index < -0.39 is 5.82 Å². The molecule has 1 saturated carbocycles. The lowest BCUT2D eigenvalue weighted by molar-refractivity contribution is 0.101. The van der Waals surface area contributed by atoms with E-state index in [4.69, 9.17) is 0 Å². The number of ketones is 1. The number of rotatable bonds is 4. The largest absolute Gasteiger partial charge is 0.293 e. The number of Topliss-reactive ketones (excluding diaryl/α,β-unsaturated/α-hetero) is 1. The molecule has 0 bridgehead atoms. The second kappa shape index (κ2) is 6.71. The number of hydrogen-bond donors (Lipinski definition) is 0. The molecule has 1 aliphatic carbocycles. The van der Waals surface area contributed by atoms with Crippen LogP contribution in [0.4, 0.5) is 4.39 Å². The Kier molecular flexibility index (Phi) is 5.25. The fraction of sp³-hybridized carbons (Fsp3) is 0.500. The lowest BCUT2D eigenvalue weighted by Gasteiger charge is -2.20. The predicted molar refractivity (Wildman–Crippen MR) is 77.8 cm³/mol. The van der Waals surface area contributed by atoms with Crippen LogP contribution >= 0.6 is 27.7 Å². The van der Waals surface area contributed by atoms with Crippen molar-refractivity contribution in [2.45, 2.75) is 37.4 Å². The zero-order valence-electron chi connectivity index (χ0n) is 10.1. The summed E-state index contributed by atoms with van der Waals surface area (Å²) in [5.41, 5.74) is 0.202. The summed E-state index contributed by atoms with van der Waals surface area (Å²) in [6.45, 7) is 0. The molecule has 0 N–H and O–H groups in total. The summed E-state index contributed by atoms with van der Waals surface area (Å²) < 4.78 is 14.3. The van der Waals surface area contributed by atoms with Gasteiger partial charge in [0.25, 0.3) is 0 Å². The van der Waals surface area contributed by atoms with Crippen LogP contribution in [0.1, 0.15) is 42.5 Å².